The Morgan fingerprint density at radius 3 is 2.65 bits per heavy atom. The van der Waals surface area contributed by atoms with Gasteiger partial charge < -0.3 is 9.30 Å². The van der Waals surface area contributed by atoms with Crippen LogP contribution in [0.4, 0.5) is 5.82 Å². The first kappa shape index (κ1) is 14.2. The number of anilines is 1. The van der Waals surface area contributed by atoms with Gasteiger partial charge in [-0.2, -0.15) is 0 Å². The maximum Gasteiger partial charge on any atom is 0.139 e. The van der Waals surface area contributed by atoms with Gasteiger partial charge in [0.15, 0.2) is 0 Å². The van der Waals surface area contributed by atoms with Crippen molar-refractivity contribution in [1.82, 2.24) is 19.3 Å². The second-order valence-electron chi connectivity index (χ2n) is 6.11. The fraction of sp³-hybridized carbons (Fsp3) is 0.333. The minimum atomic E-state index is 0.914. The number of fused-ring (bicyclic) bond motifs is 1. The predicted molar refractivity (Wildman–Crippen MR) is 91.7 cm³/mol. The van der Waals surface area contributed by atoms with Gasteiger partial charge in [0, 0.05) is 51.3 Å². The molecule has 0 N–H and O–H groups in total. The number of imidazole rings is 1. The first-order chi connectivity index (χ1) is 11.3. The zero-order valence-corrected chi connectivity index (χ0v) is 13.4. The van der Waals surface area contributed by atoms with Crippen molar-refractivity contribution in [3.63, 3.8) is 0 Å². The van der Waals surface area contributed by atoms with E-state index in [1.54, 1.807) is 0 Å². The monoisotopic (exact) mass is 307 g/mol. The third kappa shape index (κ3) is 2.92. The Hall–Kier alpha value is -2.40. The number of nitrogens with zero attached hydrogens (tertiary/aromatic N) is 5. The van der Waals surface area contributed by atoms with Crippen LogP contribution in [0.15, 0.2) is 48.9 Å². The van der Waals surface area contributed by atoms with Gasteiger partial charge in [-0.3, -0.25) is 4.90 Å². The van der Waals surface area contributed by atoms with Crippen molar-refractivity contribution in [2.75, 3.05) is 31.1 Å². The van der Waals surface area contributed by atoms with E-state index in [-0.39, 0.29) is 0 Å². The molecule has 1 aliphatic heterocycles. The van der Waals surface area contributed by atoms with Crippen LogP contribution in [0, 0.1) is 6.92 Å². The molecular formula is C18H21N5. The highest BCUT2D eigenvalue weighted by molar-refractivity contribution is 5.47. The fourth-order valence-electron chi connectivity index (χ4n) is 3.19. The Morgan fingerprint density at radius 1 is 1.04 bits per heavy atom. The molecule has 4 rings (SSSR count). The summed E-state index contributed by atoms with van der Waals surface area (Å²) in [5, 5.41) is 0. The number of rotatable bonds is 3. The van der Waals surface area contributed by atoms with Gasteiger partial charge in [0.25, 0.3) is 0 Å². The molecule has 0 saturated carbocycles. The van der Waals surface area contributed by atoms with E-state index in [0.717, 1.165) is 49.9 Å². The van der Waals surface area contributed by atoms with Crippen molar-refractivity contribution in [2.24, 2.45) is 0 Å². The fourth-order valence-corrected chi connectivity index (χ4v) is 3.19. The van der Waals surface area contributed by atoms with Crippen molar-refractivity contribution < 1.29 is 0 Å². The molecule has 0 bridgehead atoms. The van der Waals surface area contributed by atoms with E-state index in [2.05, 4.69) is 56.7 Å². The van der Waals surface area contributed by atoms with E-state index in [0.29, 0.717) is 0 Å². The molecule has 0 radical (unpaired) electrons. The zero-order chi connectivity index (χ0) is 15.6. The minimum absolute atomic E-state index is 0.914. The lowest BCUT2D eigenvalue weighted by atomic mass is 10.3. The maximum atomic E-state index is 4.78. The van der Waals surface area contributed by atoms with Crippen molar-refractivity contribution in [3.8, 4) is 0 Å². The molecule has 118 valence electrons. The molecule has 1 fully saturated rings. The number of hydrogen-bond acceptors (Lipinski definition) is 4. The Labute approximate surface area is 136 Å². The normalized spacial score (nSPS) is 16.1. The highest BCUT2D eigenvalue weighted by Crippen LogP contribution is 2.15. The van der Waals surface area contributed by atoms with Crippen LogP contribution in [0.3, 0.4) is 0 Å². The van der Waals surface area contributed by atoms with Gasteiger partial charge >= 0.3 is 0 Å². The molecule has 1 saturated heterocycles. The molecule has 0 spiro atoms. The molecule has 5 nitrogen and oxygen atoms in total. The van der Waals surface area contributed by atoms with Crippen LogP contribution in [0.1, 0.15) is 11.3 Å². The number of hydrogen-bond donors (Lipinski definition) is 0. The molecule has 3 aromatic heterocycles. The summed E-state index contributed by atoms with van der Waals surface area (Å²) in [6.07, 6.45) is 6.08. The molecule has 0 amide bonds. The van der Waals surface area contributed by atoms with Crippen molar-refractivity contribution >= 4 is 11.5 Å². The Balaban J connectivity index is 1.41. The average molecular weight is 307 g/mol. The van der Waals surface area contributed by atoms with Gasteiger partial charge in [-0.25, -0.2) is 9.97 Å². The molecule has 1 aliphatic rings. The second kappa shape index (κ2) is 6.01. The van der Waals surface area contributed by atoms with Crippen LogP contribution < -0.4 is 4.90 Å². The molecule has 0 unspecified atom stereocenters. The van der Waals surface area contributed by atoms with E-state index < -0.39 is 0 Å². The Bertz CT molecular complexity index is 788. The minimum Gasteiger partial charge on any atom is -0.354 e. The first-order valence-corrected chi connectivity index (χ1v) is 8.11. The first-order valence-electron chi connectivity index (χ1n) is 8.11. The highest BCUT2D eigenvalue weighted by atomic mass is 15.3. The van der Waals surface area contributed by atoms with Gasteiger partial charge in [-0.15, -0.1) is 0 Å². The van der Waals surface area contributed by atoms with Crippen LogP contribution in [-0.4, -0.2) is 45.4 Å². The van der Waals surface area contributed by atoms with Crippen molar-refractivity contribution in [1.29, 1.82) is 0 Å². The number of pyridine rings is 2. The van der Waals surface area contributed by atoms with Gasteiger partial charge in [-0.1, -0.05) is 12.1 Å². The average Bonchev–Trinajstić information content (AvgIpc) is 3.00. The summed E-state index contributed by atoms with van der Waals surface area (Å²) in [6.45, 7) is 7.15. The molecule has 3 aromatic rings. The molecule has 5 heteroatoms. The number of aryl methyl sites for hydroxylation is 1. The quantitative estimate of drug-likeness (QED) is 0.744. The van der Waals surface area contributed by atoms with Gasteiger partial charge in [0.05, 0.1) is 5.69 Å². The molecule has 0 atom stereocenters. The zero-order valence-electron chi connectivity index (χ0n) is 13.4. The van der Waals surface area contributed by atoms with Gasteiger partial charge in [-0.05, 0) is 30.7 Å². The Kier molecular flexibility index (Phi) is 3.71. The van der Waals surface area contributed by atoms with Gasteiger partial charge in [0.2, 0.25) is 0 Å². The van der Waals surface area contributed by atoms with Gasteiger partial charge in [0.1, 0.15) is 11.5 Å². The van der Waals surface area contributed by atoms with Crippen LogP contribution >= 0.6 is 0 Å². The van der Waals surface area contributed by atoms with E-state index in [1.807, 2.05) is 18.3 Å². The molecule has 0 aromatic carbocycles. The lowest BCUT2D eigenvalue weighted by molar-refractivity contribution is 0.247. The van der Waals surface area contributed by atoms with E-state index >= 15 is 0 Å². The molecule has 0 aliphatic carbocycles. The van der Waals surface area contributed by atoms with Crippen LogP contribution in [0.5, 0.6) is 0 Å². The molecular weight excluding hydrogens is 286 g/mol. The number of aromatic nitrogens is 3. The third-order valence-electron chi connectivity index (χ3n) is 4.46. The summed E-state index contributed by atoms with van der Waals surface area (Å²) in [4.78, 5) is 14.0. The highest BCUT2D eigenvalue weighted by Gasteiger charge is 2.18. The Morgan fingerprint density at radius 2 is 1.91 bits per heavy atom. The lowest BCUT2D eigenvalue weighted by Gasteiger charge is -2.35. The molecule has 4 heterocycles. The lowest BCUT2D eigenvalue weighted by Crippen LogP contribution is -2.46. The van der Waals surface area contributed by atoms with E-state index in [9.17, 15) is 0 Å². The topological polar surface area (TPSA) is 36.7 Å². The SMILES string of the molecule is Cc1cccn2cc(CN3CCN(c4ccccn4)CC3)nc12. The summed E-state index contributed by atoms with van der Waals surface area (Å²) in [5.41, 5.74) is 3.43. The number of piperazine rings is 1. The van der Waals surface area contributed by atoms with Crippen LogP contribution in [0.25, 0.3) is 5.65 Å². The summed E-state index contributed by atoms with van der Waals surface area (Å²) < 4.78 is 2.12. The third-order valence-corrected chi connectivity index (χ3v) is 4.46. The summed E-state index contributed by atoms with van der Waals surface area (Å²) in [6, 6.07) is 10.3. The predicted octanol–water partition coefficient (Wildman–Crippen LogP) is 2.36. The standard InChI is InChI=1S/C18H21N5/c1-15-5-4-8-23-14-16(20-18(15)23)13-21-9-11-22(12-10-21)17-6-2-3-7-19-17/h2-8,14H,9-13H2,1H3. The van der Waals surface area contributed by atoms with E-state index in [4.69, 9.17) is 4.98 Å². The summed E-state index contributed by atoms with van der Waals surface area (Å²) in [7, 11) is 0. The van der Waals surface area contributed by atoms with Crippen LogP contribution in [-0.2, 0) is 6.54 Å². The second-order valence-corrected chi connectivity index (χ2v) is 6.11. The smallest absolute Gasteiger partial charge is 0.139 e. The largest absolute Gasteiger partial charge is 0.354 e. The van der Waals surface area contributed by atoms with Crippen molar-refractivity contribution in [3.05, 3.63) is 60.2 Å². The maximum absolute atomic E-state index is 4.78. The summed E-state index contributed by atoms with van der Waals surface area (Å²) >= 11 is 0. The van der Waals surface area contributed by atoms with E-state index in [1.165, 1.54) is 5.56 Å². The molecule has 23 heavy (non-hydrogen) atoms. The van der Waals surface area contributed by atoms with Crippen LogP contribution in [0.2, 0.25) is 0 Å². The summed E-state index contributed by atoms with van der Waals surface area (Å²) in [5.74, 6) is 1.08. The van der Waals surface area contributed by atoms with Crippen molar-refractivity contribution in [2.45, 2.75) is 13.5 Å².